The molecule has 5 heteroatoms. The number of pyridine rings is 1. The molecule has 0 amide bonds. The monoisotopic (exact) mass is 205 g/mol. The minimum Gasteiger partial charge on any atom is -0.481 e. The third-order valence-electron chi connectivity index (χ3n) is 2.44. The maximum atomic E-state index is 10.8. The average Bonchev–Trinajstić information content (AvgIpc) is 2.59. The summed E-state index contributed by atoms with van der Waals surface area (Å²) in [5, 5.41) is 8.86. The summed E-state index contributed by atoms with van der Waals surface area (Å²) in [7, 11) is 1.85. The summed E-state index contributed by atoms with van der Waals surface area (Å²) in [4.78, 5) is 19.1. The number of nitrogens with zero attached hydrogens (tertiary/aromatic N) is 3. The Bertz CT molecular complexity index is 518. The van der Waals surface area contributed by atoms with Crippen molar-refractivity contribution in [3.05, 3.63) is 24.2 Å². The lowest BCUT2D eigenvalue weighted by Crippen LogP contribution is -2.07. The third-order valence-corrected chi connectivity index (χ3v) is 2.44. The third kappa shape index (κ3) is 1.56. The minimum absolute atomic E-state index is 0.552. The van der Waals surface area contributed by atoms with Gasteiger partial charge in [-0.25, -0.2) is 9.97 Å². The number of aromatic nitrogens is 3. The molecule has 0 aliphatic rings. The molecular weight excluding hydrogens is 194 g/mol. The van der Waals surface area contributed by atoms with Crippen molar-refractivity contribution < 1.29 is 9.90 Å². The van der Waals surface area contributed by atoms with Crippen LogP contribution in [0.1, 0.15) is 18.4 Å². The molecule has 0 bridgehead atoms. The Balaban J connectivity index is 2.52. The van der Waals surface area contributed by atoms with Crippen LogP contribution in [0, 0.1) is 0 Å². The zero-order valence-electron chi connectivity index (χ0n) is 8.51. The van der Waals surface area contributed by atoms with Crippen LogP contribution in [0.15, 0.2) is 18.6 Å². The van der Waals surface area contributed by atoms with Crippen LogP contribution in [-0.4, -0.2) is 25.6 Å². The maximum Gasteiger partial charge on any atom is 0.310 e. The highest BCUT2D eigenvalue weighted by molar-refractivity contribution is 5.78. The Morgan fingerprint density at radius 1 is 1.53 bits per heavy atom. The standard InChI is InChI=1S/C10H11N3O2/c1-6(10(14)15)7-3-8-9(11-4-7)13(2)5-12-8/h3-6H,1-2H3,(H,14,15). The van der Waals surface area contributed by atoms with Gasteiger partial charge in [0, 0.05) is 13.2 Å². The van der Waals surface area contributed by atoms with Crippen molar-refractivity contribution in [2.24, 2.45) is 7.05 Å². The smallest absolute Gasteiger partial charge is 0.310 e. The molecule has 2 aromatic rings. The quantitative estimate of drug-likeness (QED) is 0.798. The lowest BCUT2D eigenvalue weighted by atomic mass is 10.0. The second-order valence-electron chi connectivity index (χ2n) is 3.53. The van der Waals surface area contributed by atoms with Crippen molar-refractivity contribution in [2.45, 2.75) is 12.8 Å². The van der Waals surface area contributed by atoms with Crippen molar-refractivity contribution in [2.75, 3.05) is 0 Å². The molecule has 78 valence electrons. The van der Waals surface area contributed by atoms with Gasteiger partial charge in [0.2, 0.25) is 0 Å². The topological polar surface area (TPSA) is 68.0 Å². The first kappa shape index (κ1) is 9.64. The Labute approximate surface area is 86.4 Å². The van der Waals surface area contributed by atoms with E-state index >= 15 is 0 Å². The fraction of sp³-hybridized carbons (Fsp3) is 0.300. The van der Waals surface area contributed by atoms with E-state index in [1.165, 1.54) is 0 Å². The molecule has 0 spiro atoms. The van der Waals surface area contributed by atoms with Gasteiger partial charge in [-0.15, -0.1) is 0 Å². The minimum atomic E-state index is -0.855. The molecule has 0 saturated carbocycles. The molecule has 0 aromatic carbocycles. The van der Waals surface area contributed by atoms with Crippen molar-refractivity contribution in [3.63, 3.8) is 0 Å². The zero-order chi connectivity index (χ0) is 11.0. The predicted octanol–water partition coefficient (Wildman–Crippen LogP) is 1.16. The SMILES string of the molecule is CC(C(=O)O)c1cnc2c(c1)ncn2C. The molecule has 2 aromatic heterocycles. The highest BCUT2D eigenvalue weighted by Gasteiger charge is 2.15. The molecule has 5 nitrogen and oxygen atoms in total. The normalized spacial score (nSPS) is 12.9. The van der Waals surface area contributed by atoms with E-state index in [1.807, 2.05) is 7.05 Å². The molecule has 0 fully saturated rings. The van der Waals surface area contributed by atoms with Crippen LogP contribution in [0.3, 0.4) is 0 Å². The Kier molecular flexibility index (Phi) is 2.15. The van der Waals surface area contributed by atoms with Crippen molar-refractivity contribution in [1.82, 2.24) is 14.5 Å². The maximum absolute atomic E-state index is 10.8. The van der Waals surface area contributed by atoms with Gasteiger partial charge in [0.25, 0.3) is 0 Å². The number of carboxylic acid groups (broad SMARTS) is 1. The number of carboxylic acids is 1. The lowest BCUT2D eigenvalue weighted by Gasteiger charge is -2.05. The Morgan fingerprint density at radius 3 is 2.93 bits per heavy atom. The van der Waals surface area contributed by atoms with E-state index in [4.69, 9.17) is 5.11 Å². The number of rotatable bonds is 2. The fourth-order valence-electron chi connectivity index (χ4n) is 1.41. The predicted molar refractivity (Wildman–Crippen MR) is 54.6 cm³/mol. The first-order valence-electron chi connectivity index (χ1n) is 4.59. The first-order valence-corrected chi connectivity index (χ1v) is 4.59. The molecule has 1 unspecified atom stereocenters. The molecule has 0 saturated heterocycles. The number of aliphatic carboxylic acids is 1. The number of fused-ring (bicyclic) bond motifs is 1. The van der Waals surface area contributed by atoms with Gasteiger partial charge in [0.05, 0.1) is 12.2 Å². The molecule has 1 N–H and O–H groups in total. The number of hydrogen-bond donors (Lipinski definition) is 1. The zero-order valence-corrected chi connectivity index (χ0v) is 8.51. The number of carbonyl (C=O) groups is 1. The van der Waals surface area contributed by atoms with Crippen LogP contribution in [0.5, 0.6) is 0 Å². The summed E-state index contributed by atoms with van der Waals surface area (Å²) in [6.45, 7) is 1.63. The largest absolute Gasteiger partial charge is 0.481 e. The molecule has 2 rings (SSSR count). The summed E-state index contributed by atoms with van der Waals surface area (Å²) in [5.41, 5.74) is 2.16. The fourth-order valence-corrected chi connectivity index (χ4v) is 1.41. The van der Waals surface area contributed by atoms with E-state index in [0.29, 0.717) is 5.56 Å². The second kappa shape index (κ2) is 3.34. The molecule has 0 radical (unpaired) electrons. The Morgan fingerprint density at radius 2 is 2.27 bits per heavy atom. The van der Waals surface area contributed by atoms with Crippen LogP contribution in [0.4, 0.5) is 0 Å². The van der Waals surface area contributed by atoms with Crippen molar-refractivity contribution in [1.29, 1.82) is 0 Å². The van der Waals surface area contributed by atoms with Crippen LogP contribution in [0.2, 0.25) is 0 Å². The summed E-state index contributed by atoms with van der Waals surface area (Å²) >= 11 is 0. The lowest BCUT2D eigenvalue weighted by molar-refractivity contribution is -0.138. The van der Waals surface area contributed by atoms with E-state index in [1.54, 1.807) is 30.1 Å². The summed E-state index contributed by atoms with van der Waals surface area (Å²) < 4.78 is 1.80. The molecule has 1 atom stereocenters. The van der Waals surface area contributed by atoms with E-state index in [2.05, 4.69) is 9.97 Å². The van der Waals surface area contributed by atoms with Crippen LogP contribution >= 0.6 is 0 Å². The molecule has 0 aliphatic heterocycles. The van der Waals surface area contributed by atoms with Gasteiger partial charge in [-0.1, -0.05) is 0 Å². The van der Waals surface area contributed by atoms with Gasteiger partial charge < -0.3 is 9.67 Å². The van der Waals surface area contributed by atoms with Gasteiger partial charge in [-0.05, 0) is 18.6 Å². The van der Waals surface area contributed by atoms with Crippen LogP contribution in [0.25, 0.3) is 11.2 Å². The van der Waals surface area contributed by atoms with E-state index in [-0.39, 0.29) is 0 Å². The van der Waals surface area contributed by atoms with Crippen LogP contribution < -0.4 is 0 Å². The van der Waals surface area contributed by atoms with E-state index in [0.717, 1.165) is 11.2 Å². The van der Waals surface area contributed by atoms with Gasteiger partial charge in [0.15, 0.2) is 5.65 Å². The van der Waals surface area contributed by atoms with Gasteiger partial charge in [-0.3, -0.25) is 4.79 Å². The molecule has 0 aliphatic carbocycles. The average molecular weight is 205 g/mol. The number of imidazole rings is 1. The Hall–Kier alpha value is -1.91. The van der Waals surface area contributed by atoms with Gasteiger partial charge >= 0.3 is 5.97 Å². The highest BCUT2D eigenvalue weighted by Crippen LogP contribution is 2.18. The number of aryl methyl sites for hydroxylation is 1. The van der Waals surface area contributed by atoms with Gasteiger partial charge in [-0.2, -0.15) is 0 Å². The van der Waals surface area contributed by atoms with Crippen molar-refractivity contribution >= 4 is 17.1 Å². The summed E-state index contributed by atoms with van der Waals surface area (Å²) in [6, 6.07) is 1.76. The van der Waals surface area contributed by atoms with E-state index < -0.39 is 11.9 Å². The van der Waals surface area contributed by atoms with E-state index in [9.17, 15) is 4.79 Å². The summed E-state index contributed by atoms with van der Waals surface area (Å²) in [6.07, 6.45) is 3.25. The molecule has 15 heavy (non-hydrogen) atoms. The number of hydrogen-bond acceptors (Lipinski definition) is 3. The first-order chi connectivity index (χ1) is 7.09. The van der Waals surface area contributed by atoms with Crippen molar-refractivity contribution in [3.8, 4) is 0 Å². The molecular formula is C10H11N3O2. The van der Waals surface area contributed by atoms with Gasteiger partial charge in [0.1, 0.15) is 5.52 Å². The van der Waals surface area contributed by atoms with Crippen LogP contribution in [-0.2, 0) is 11.8 Å². The molecule has 2 heterocycles. The second-order valence-corrected chi connectivity index (χ2v) is 3.53. The highest BCUT2D eigenvalue weighted by atomic mass is 16.4. The summed E-state index contributed by atoms with van der Waals surface area (Å²) in [5.74, 6) is -1.41.